The maximum absolute atomic E-state index is 11.3. The maximum Gasteiger partial charge on any atom is 0.228 e. The number of hydrogen-bond donors (Lipinski definition) is 2. The van der Waals surface area contributed by atoms with E-state index >= 15 is 0 Å². The summed E-state index contributed by atoms with van der Waals surface area (Å²) in [5.41, 5.74) is 5.39. The summed E-state index contributed by atoms with van der Waals surface area (Å²) < 4.78 is 0. The van der Waals surface area contributed by atoms with Crippen molar-refractivity contribution < 1.29 is 4.79 Å². The van der Waals surface area contributed by atoms with E-state index < -0.39 is 0 Å². The Bertz CT molecular complexity index is 598. The molecule has 4 nitrogen and oxygen atoms in total. The summed E-state index contributed by atoms with van der Waals surface area (Å²) in [5, 5.41) is 8.59. The summed E-state index contributed by atoms with van der Waals surface area (Å²) in [6.45, 7) is 0.628. The topological polar surface area (TPSA) is 54.0 Å². The number of aromatic nitrogens is 1. The van der Waals surface area contributed by atoms with Crippen LogP contribution in [0.1, 0.15) is 11.3 Å². The van der Waals surface area contributed by atoms with Gasteiger partial charge in [-0.05, 0) is 17.7 Å². The highest BCUT2D eigenvalue weighted by atomic mass is 35.5. The zero-order valence-electron chi connectivity index (χ0n) is 9.37. The summed E-state index contributed by atoms with van der Waals surface area (Å²) >= 11 is 7.72. The molecule has 3 rings (SSSR count). The van der Waals surface area contributed by atoms with Crippen molar-refractivity contribution in [3.63, 3.8) is 0 Å². The molecule has 92 valence electrons. The molecule has 2 heterocycles. The first kappa shape index (κ1) is 11.5. The summed E-state index contributed by atoms with van der Waals surface area (Å²) in [6.07, 6.45) is 0.415. The Labute approximate surface area is 113 Å². The number of rotatable bonds is 3. The Morgan fingerprint density at radius 1 is 1.50 bits per heavy atom. The van der Waals surface area contributed by atoms with E-state index in [0.717, 1.165) is 22.6 Å². The van der Waals surface area contributed by atoms with E-state index in [1.54, 1.807) is 22.9 Å². The first-order valence-electron chi connectivity index (χ1n) is 5.45. The van der Waals surface area contributed by atoms with Crippen LogP contribution in [0, 0.1) is 0 Å². The number of carbonyl (C=O) groups is 1. The molecular formula is C12H10ClN3OS. The van der Waals surface area contributed by atoms with E-state index in [2.05, 4.69) is 15.6 Å². The van der Waals surface area contributed by atoms with Crippen LogP contribution in [0.3, 0.4) is 0 Å². The van der Waals surface area contributed by atoms with Crippen LogP contribution in [0.15, 0.2) is 23.0 Å². The number of nitrogens with zero attached hydrogens (tertiary/aromatic N) is 1. The van der Waals surface area contributed by atoms with Crippen molar-refractivity contribution in [1.82, 2.24) is 4.98 Å². The fourth-order valence-electron chi connectivity index (χ4n) is 1.89. The fraction of sp³-hybridized carbons (Fsp3) is 0.167. The minimum absolute atomic E-state index is 0.0118. The lowest BCUT2D eigenvalue weighted by molar-refractivity contribution is -0.115. The van der Waals surface area contributed by atoms with Crippen molar-refractivity contribution in [2.75, 3.05) is 10.6 Å². The summed E-state index contributed by atoms with van der Waals surface area (Å²) in [6, 6.07) is 3.70. The number of hydrogen-bond acceptors (Lipinski definition) is 4. The average molecular weight is 280 g/mol. The van der Waals surface area contributed by atoms with Crippen LogP contribution >= 0.6 is 22.9 Å². The SMILES string of the molecule is O=C1Cc2cc(NCc3cscn3)c(Cl)cc2N1. The molecule has 0 aliphatic carbocycles. The van der Waals surface area contributed by atoms with Gasteiger partial charge < -0.3 is 10.6 Å². The molecule has 0 unspecified atom stereocenters. The second-order valence-electron chi connectivity index (χ2n) is 4.05. The third kappa shape index (κ3) is 2.19. The lowest BCUT2D eigenvalue weighted by Crippen LogP contribution is -2.03. The highest BCUT2D eigenvalue weighted by molar-refractivity contribution is 7.07. The van der Waals surface area contributed by atoms with E-state index in [-0.39, 0.29) is 5.91 Å². The van der Waals surface area contributed by atoms with Crippen molar-refractivity contribution in [1.29, 1.82) is 0 Å². The minimum atomic E-state index is 0.0118. The van der Waals surface area contributed by atoms with Crippen molar-refractivity contribution in [2.24, 2.45) is 0 Å². The molecule has 0 saturated heterocycles. The Kier molecular flexibility index (Phi) is 2.93. The third-order valence-electron chi connectivity index (χ3n) is 2.76. The molecule has 0 fully saturated rings. The number of benzene rings is 1. The quantitative estimate of drug-likeness (QED) is 0.908. The van der Waals surface area contributed by atoms with Crippen LogP contribution < -0.4 is 10.6 Å². The Balaban J connectivity index is 1.80. The van der Waals surface area contributed by atoms with Crippen LogP contribution in [-0.4, -0.2) is 10.9 Å². The highest BCUT2D eigenvalue weighted by Gasteiger charge is 2.19. The van der Waals surface area contributed by atoms with Gasteiger partial charge in [0.25, 0.3) is 0 Å². The number of amides is 1. The van der Waals surface area contributed by atoms with Crippen LogP contribution in [0.4, 0.5) is 11.4 Å². The first-order valence-corrected chi connectivity index (χ1v) is 6.77. The number of carbonyl (C=O) groups excluding carboxylic acids is 1. The van der Waals surface area contributed by atoms with Crippen molar-refractivity contribution in [2.45, 2.75) is 13.0 Å². The van der Waals surface area contributed by atoms with Gasteiger partial charge in [0.1, 0.15) is 0 Å². The van der Waals surface area contributed by atoms with Crippen molar-refractivity contribution in [3.8, 4) is 0 Å². The number of fused-ring (bicyclic) bond motifs is 1. The van der Waals surface area contributed by atoms with Gasteiger partial charge in [0.15, 0.2) is 0 Å². The summed E-state index contributed by atoms with van der Waals surface area (Å²) in [5.74, 6) is 0.0118. The molecule has 2 aromatic rings. The molecule has 1 amide bonds. The Hall–Kier alpha value is -1.59. The number of thiazole rings is 1. The van der Waals surface area contributed by atoms with E-state index in [0.29, 0.717) is 18.0 Å². The van der Waals surface area contributed by atoms with E-state index in [1.807, 2.05) is 11.4 Å². The van der Waals surface area contributed by atoms with Gasteiger partial charge in [0.05, 0.1) is 34.9 Å². The van der Waals surface area contributed by atoms with Crippen LogP contribution in [0.25, 0.3) is 0 Å². The fourth-order valence-corrected chi connectivity index (χ4v) is 2.68. The number of anilines is 2. The molecule has 6 heteroatoms. The van der Waals surface area contributed by atoms with Gasteiger partial charge in [-0.3, -0.25) is 4.79 Å². The number of halogens is 1. The number of nitrogens with one attached hydrogen (secondary N) is 2. The molecule has 2 N–H and O–H groups in total. The molecule has 0 atom stereocenters. The summed E-state index contributed by atoms with van der Waals surface area (Å²) in [4.78, 5) is 15.5. The predicted octanol–water partition coefficient (Wildman–Crippen LogP) is 2.90. The van der Waals surface area contributed by atoms with Crippen LogP contribution in [0.2, 0.25) is 5.02 Å². The van der Waals surface area contributed by atoms with Crippen molar-refractivity contribution >= 4 is 40.2 Å². The second kappa shape index (κ2) is 4.59. The molecule has 1 aliphatic heterocycles. The highest BCUT2D eigenvalue weighted by Crippen LogP contribution is 2.32. The monoisotopic (exact) mass is 279 g/mol. The largest absolute Gasteiger partial charge is 0.378 e. The normalized spacial score (nSPS) is 13.3. The van der Waals surface area contributed by atoms with Gasteiger partial charge in [-0.15, -0.1) is 11.3 Å². The molecule has 0 radical (unpaired) electrons. The van der Waals surface area contributed by atoms with Gasteiger partial charge >= 0.3 is 0 Å². The standard InChI is InChI=1S/C12H10ClN3OS/c13-9-3-10-7(2-12(17)16-10)1-11(9)14-4-8-5-18-6-15-8/h1,3,5-6,14H,2,4H2,(H,16,17). The zero-order chi connectivity index (χ0) is 12.5. The Morgan fingerprint density at radius 2 is 2.39 bits per heavy atom. The molecule has 0 saturated carbocycles. The van der Waals surface area contributed by atoms with E-state index in [1.165, 1.54) is 0 Å². The molecule has 0 bridgehead atoms. The lowest BCUT2D eigenvalue weighted by atomic mass is 10.1. The average Bonchev–Trinajstić information content (AvgIpc) is 2.94. The van der Waals surface area contributed by atoms with Gasteiger partial charge in [0.2, 0.25) is 5.91 Å². The molecule has 1 aliphatic rings. The minimum Gasteiger partial charge on any atom is -0.378 e. The first-order chi connectivity index (χ1) is 8.72. The molecular weight excluding hydrogens is 270 g/mol. The predicted molar refractivity (Wildman–Crippen MR) is 73.2 cm³/mol. The van der Waals surface area contributed by atoms with Crippen molar-refractivity contribution in [3.05, 3.63) is 39.3 Å². The molecule has 18 heavy (non-hydrogen) atoms. The summed E-state index contributed by atoms with van der Waals surface area (Å²) in [7, 11) is 0. The molecule has 0 spiro atoms. The van der Waals surface area contributed by atoms with Crippen LogP contribution in [0.5, 0.6) is 0 Å². The van der Waals surface area contributed by atoms with Crippen LogP contribution in [-0.2, 0) is 17.8 Å². The molecule has 1 aromatic heterocycles. The third-order valence-corrected chi connectivity index (χ3v) is 3.71. The Morgan fingerprint density at radius 3 is 3.17 bits per heavy atom. The zero-order valence-corrected chi connectivity index (χ0v) is 10.9. The van der Waals surface area contributed by atoms with Gasteiger partial charge in [-0.1, -0.05) is 11.6 Å². The van der Waals surface area contributed by atoms with Gasteiger partial charge in [-0.2, -0.15) is 0 Å². The van der Waals surface area contributed by atoms with Gasteiger partial charge in [0, 0.05) is 11.1 Å². The molecule has 1 aromatic carbocycles. The maximum atomic E-state index is 11.3. The smallest absolute Gasteiger partial charge is 0.228 e. The van der Waals surface area contributed by atoms with Gasteiger partial charge in [-0.25, -0.2) is 4.98 Å². The second-order valence-corrected chi connectivity index (χ2v) is 5.17. The lowest BCUT2D eigenvalue weighted by Gasteiger charge is -2.09. The van der Waals surface area contributed by atoms with E-state index in [4.69, 9.17) is 11.6 Å². The van der Waals surface area contributed by atoms with E-state index in [9.17, 15) is 4.79 Å².